The zero-order chi connectivity index (χ0) is 21.2. The molecule has 0 saturated carbocycles. The number of amides is 1. The number of hydrogen-bond donors (Lipinski definition) is 0. The van der Waals surface area contributed by atoms with Crippen molar-refractivity contribution < 1.29 is 13.2 Å². The number of hydrogen-bond acceptors (Lipinski definition) is 4. The highest BCUT2D eigenvalue weighted by Gasteiger charge is 2.26. The van der Waals surface area contributed by atoms with E-state index in [9.17, 15) is 13.2 Å². The van der Waals surface area contributed by atoms with Gasteiger partial charge in [-0.25, -0.2) is 13.4 Å². The number of piperidine rings is 1. The number of imidazole rings is 1. The second-order valence-corrected chi connectivity index (χ2v) is 9.90. The third kappa shape index (κ3) is 4.48. The highest BCUT2D eigenvalue weighted by atomic mass is 32.2. The Kier molecular flexibility index (Phi) is 6.63. The van der Waals surface area contributed by atoms with E-state index >= 15 is 0 Å². The molecule has 160 valence electrons. The van der Waals surface area contributed by atoms with Gasteiger partial charge >= 0.3 is 0 Å². The van der Waals surface area contributed by atoms with Crippen molar-refractivity contribution in [3.63, 3.8) is 0 Å². The standard InChI is InChI=1S/C21H32N4O3S/c1-5-16(2)23(3)21(26)12-11-20-22-18-15-17(9-10-19(18)24(20)4)29(27,28)25-13-7-6-8-14-25/h9-10,15-16H,5-8,11-14H2,1-4H3/t16-/m0/s1. The molecule has 2 heterocycles. The molecule has 1 saturated heterocycles. The second-order valence-electron chi connectivity index (χ2n) is 7.96. The van der Waals surface area contributed by atoms with Gasteiger partial charge in [0.15, 0.2) is 0 Å². The summed E-state index contributed by atoms with van der Waals surface area (Å²) in [5.74, 6) is 0.887. The van der Waals surface area contributed by atoms with Gasteiger partial charge in [-0.05, 0) is 44.4 Å². The van der Waals surface area contributed by atoms with E-state index in [0.717, 1.165) is 37.0 Å². The molecule has 1 atom stereocenters. The van der Waals surface area contributed by atoms with Crippen molar-refractivity contribution in [2.75, 3.05) is 20.1 Å². The summed E-state index contributed by atoms with van der Waals surface area (Å²) in [5, 5.41) is 0. The molecule has 1 aromatic heterocycles. The first-order chi connectivity index (χ1) is 13.8. The van der Waals surface area contributed by atoms with Gasteiger partial charge in [0.05, 0.1) is 15.9 Å². The predicted octanol–water partition coefficient (Wildman–Crippen LogP) is 2.94. The Hall–Kier alpha value is -1.93. The van der Waals surface area contributed by atoms with Gasteiger partial charge in [0.2, 0.25) is 15.9 Å². The summed E-state index contributed by atoms with van der Waals surface area (Å²) in [5.41, 5.74) is 1.53. The van der Waals surface area contributed by atoms with Crippen LogP contribution in [0.4, 0.5) is 0 Å². The minimum atomic E-state index is -3.48. The molecule has 2 aromatic rings. The molecule has 1 amide bonds. The first-order valence-electron chi connectivity index (χ1n) is 10.5. The van der Waals surface area contributed by atoms with E-state index < -0.39 is 10.0 Å². The van der Waals surface area contributed by atoms with Crippen molar-refractivity contribution in [3.05, 3.63) is 24.0 Å². The fraction of sp³-hybridized carbons (Fsp3) is 0.619. The summed E-state index contributed by atoms with van der Waals surface area (Å²) in [6.45, 7) is 5.27. The van der Waals surface area contributed by atoms with Gasteiger partial charge in [-0.2, -0.15) is 4.31 Å². The number of carbonyl (C=O) groups is 1. The average Bonchev–Trinajstić information content (AvgIpc) is 3.06. The van der Waals surface area contributed by atoms with Crippen molar-refractivity contribution in [2.24, 2.45) is 7.05 Å². The maximum absolute atomic E-state index is 12.9. The normalized spacial score (nSPS) is 16.8. The van der Waals surface area contributed by atoms with Crippen LogP contribution in [0.5, 0.6) is 0 Å². The van der Waals surface area contributed by atoms with Gasteiger partial charge in [-0.3, -0.25) is 4.79 Å². The van der Waals surface area contributed by atoms with Crippen LogP contribution in [-0.2, 0) is 28.3 Å². The Labute approximate surface area is 173 Å². The van der Waals surface area contributed by atoms with E-state index in [1.165, 1.54) is 0 Å². The van der Waals surface area contributed by atoms with E-state index in [-0.39, 0.29) is 11.9 Å². The Bertz CT molecular complexity index is 977. The Morgan fingerprint density at radius 3 is 2.59 bits per heavy atom. The lowest BCUT2D eigenvalue weighted by Crippen LogP contribution is -2.35. The summed E-state index contributed by atoms with van der Waals surface area (Å²) in [7, 11) is 0.262. The third-order valence-electron chi connectivity index (χ3n) is 6.11. The number of fused-ring (bicyclic) bond motifs is 1. The molecule has 1 aliphatic heterocycles. The molecule has 8 heteroatoms. The van der Waals surface area contributed by atoms with Crippen LogP contribution in [0.1, 0.15) is 51.8 Å². The third-order valence-corrected chi connectivity index (χ3v) is 8.00. The summed E-state index contributed by atoms with van der Waals surface area (Å²) >= 11 is 0. The smallest absolute Gasteiger partial charge is 0.243 e. The number of nitrogens with zero attached hydrogens (tertiary/aromatic N) is 4. The number of carbonyl (C=O) groups excluding carboxylic acids is 1. The summed E-state index contributed by atoms with van der Waals surface area (Å²) in [6, 6.07) is 5.36. The molecule has 1 aliphatic rings. The van der Waals surface area contributed by atoms with Crippen molar-refractivity contribution in [2.45, 2.75) is 63.3 Å². The fourth-order valence-corrected chi connectivity index (χ4v) is 5.32. The zero-order valence-electron chi connectivity index (χ0n) is 17.9. The maximum atomic E-state index is 12.9. The molecule has 0 N–H and O–H groups in total. The lowest BCUT2D eigenvalue weighted by Gasteiger charge is -2.25. The van der Waals surface area contributed by atoms with Gasteiger partial charge in [0.1, 0.15) is 5.82 Å². The highest BCUT2D eigenvalue weighted by Crippen LogP contribution is 2.25. The lowest BCUT2D eigenvalue weighted by molar-refractivity contribution is -0.131. The minimum absolute atomic E-state index is 0.0970. The van der Waals surface area contributed by atoms with E-state index in [1.807, 2.05) is 31.7 Å². The number of aromatic nitrogens is 2. The lowest BCUT2D eigenvalue weighted by atomic mass is 10.2. The summed E-state index contributed by atoms with van der Waals surface area (Å²) < 4.78 is 29.4. The second kappa shape index (κ2) is 8.83. The molecule has 0 spiro atoms. The van der Waals surface area contributed by atoms with E-state index in [0.29, 0.717) is 36.3 Å². The molecular weight excluding hydrogens is 388 g/mol. The van der Waals surface area contributed by atoms with Crippen LogP contribution in [0.25, 0.3) is 11.0 Å². The molecule has 0 aliphatic carbocycles. The van der Waals surface area contributed by atoms with E-state index in [2.05, 4.69) is 11.9 Å². The SMILES string of the molecule is CC[C@H](C)N(C)C(=O)CCc1nc2cc(S(=O)(=O)N3CCCCC3)ccc2n1C. The number of aryl methyl sites for hydroxylation is 2. The van der Waals surface area contributed by atoms with Gasteiger partial charge in [-0.1, -0.05) is 13.3 Å². The summed E-state index contributed by atoms with van der Waals surface area (Å²) in [4.78, 5) is 19.1. The number of rotatable bonds is 7. The largest absolute Gasteiger partial charge is 0.343 e. The fourth-order valence-electron chi connectivity index (χ4n) is 3.78. The summed E-state index contributed by atoms with van der Waals surface area (Å²) in [6.07, 6.45) is 4.74. The highest BCUT2D eigenvalue weighted by molar-refractivity contribution is 7.89. The number of benzene rings is 1. The molecule has 1 fully saturated rings. The van der Waals surface area contributed by atoms with Crippen LogP contribution in [0.3, 0.4) is 0 Å². The maximum Gasteiger partial charge on any atom is 0.243 e. The first kappa shape index (κ1) is 21.8. The average molecular weight is 421 g/mol. The van der Waals surface area contributed by atoms with Crippen molar-refractivity contribution in [1.82, 2.24) is 18.8 Å². The van der Waals surface area contributed by atoms with Crippen molar-refractivity contribution >= 4 is 27.0 Å². The van der Waals surface area contributed by atoms with Crippen LogP contribution in [0.15, 0.2) is 23.1 Å². The Balaban J connectivity index is 1.80. The molecule has 0 bridgehead atoms. The topological polar surface area (TPSA) is 75.5 Å². The van der Waals surface area contributed by atoms with Crippen LogP contribution in [0.2, 0.25) is 0 Å². The van der Waals surface area contributed by atoms with Crippen LogP contribution in [0, 0.1) is 0 Å². The van der Waals surface area contributed by atoms with Crippen molar-refractivity contribution in [1.29, 1.82) is 0 Å². The van der Waals surface area contributed by atoms with Crippen molar-refractivity contribution in [3.8, 4) is 0 Å². The Morgan fingerprint density at radius 2 is 1.93 bits per heavy atom. The van der Waals surface area contributed by atoms with Gasteiger partial charge in [0, 0.05) is 46.1 Å². The molecule has 7 nitrogen and oxygen atoms in total. The number of sulfonamides is 1. The molecule has 0 radical (unpaired) electrons. The molecule has 29 heavy (non-hydrogen) atoms. The Morgan fingerprint density at radius 1 is 1.24 bits per heavy atom. The molecule has 1 aromatic carbocycles. The molecule has 3 rings (SSSR count). The first-order valence-corrected chi connectivity index (χ1v) is 11.9. The van der Waals surface area contributed by atoms with Gasteiger partial charge in [-0.15, -0.1) is 0 Å². The zero-order valence-corrected chi connectivity index (χ0v) is 18.7. The predicted molar refractivity (Wildman–Crippen MR) is 114 cm³/mol. The van der Waals surface area contributed by atoms with Gasteiger partial charge in [0.25, 0.3) is 0 Å². The van der Waals surface area contributed by atoms with E-state index in [4.69, 9.17) is 0 Å². The monoisotopic (exact) mass is 420 g/mol. The van der Waals surface area contributed by atoms with Crippen LogP contribution in [-0.4, -0.2) is 59.3 Å². The molecular formula is C21H32N4O3S. The van der Waals surface area contributed by atoms with Crippen LogP contribution >= 0.6 is 0 Å². The molecule has 0 unspecified atom stereocenters. The van der Waals surface area contributed by atoms with Gasteiger partial charge < -0.3 is 9.47 Å². The quantitative estimate of drug-likeness (QED) is 0.690. The van der Waals surface area contributed by atoms with Crippen LogP contribution < -0.4 is 0 Å². The minimum Gasteiger partial charge on any atom is -0.343 e. The van der Waals surface area contributed by atoms with E-state index in [1.54, 1.807) is 21.3 Å².